The fourth-order valence-electron chi connectivity index (χ4n) is 9.30. The summed E-state index contributed by atoms with van der Waals surface area (Å²) in [5.41, 5.74) is 3.84. The number of fused-ring (bicyclic) bond motifs is 2. The lowest BCUT2D eigenvalue weighted by molar-refractivity contribution is -0.137. The number of benzene rings is 3. The van der Waals surface area contributed by atoms with Gasteiger partial charge in [-0.3, -0.25) is 34.6 Å². The molecule has 6 aromatic rings. The van der Waals surface area contributed by atoms with Crippen LogP contribution < -0.4 is 25.3 Å². The number of halogens is 2. The summed E-state index contributed by atoms with van der Waals surface area (Å²) in [5.74, 6) is -1.82. The Morgan fingerprint density at radius 3 is 2.38 bits per heavy atom. The van der Waals surface area contributed by atoms with Crippen LogP contribution in [0, 0.1) is 11.6 Å². The molecule has 4 aliphatic heterocycles. The number of rotatable bonds is 10. The van der Waals surface area contributed by atoms with Gasteiger partial charge in [0.2, 0.25) is 11.8 Å². The van der Waals surface area contributed by atoms with Crippen LogP contribution in [0.4, 0.5) is 35.8 Å². The molecule has 330 valence electrons. The zero-order chi connectivity index (χ0) is 44.1. The Bertz CT molecular complexity index is 2760. The molecule has 64 heavy (non-hydrogen) atoms. The minimum atomic E-state index is -1.21. The van der Waals surface area contributed by atoms with Crippen molar-refractivity contribution < 1.29 is 33.1 Å². The molecule has 3 aromatic heterocycles. The van der Waals surface area contributed by atoms with E-state index >= 15 is 8.78 Å². The number of imidazole rings is 1. The van der Waals surface area contributed by atoms with E-state index in [1.165, 1.54) is 33.1 Å². The zero-order valence-corrected chi connectivity index (χ0v) is 35.6. The van der Waals surface area contributed by atoms with E-state index in [0.29, 0.717) is 85.4 Å². The van der Waals surface area contributed by atoms with Crippen molar-refractivity contribution >= 4 is 68.2 Å². The molecule has 1 unspecified atom stereocenters. The number of aryl methyl sites for hydroxylation is 1. The molecular formula is C45H45F2N11O5S. The number of carbonyl (C=O) groups excluding carboxylic acids is 4. The van der Waals surface area contributed by atoms with E-state index in [9.17, 15) is 24.3 Å². The molecule has 16 nitrogen and oxygen atoms in total. The second kappa shape index (κ2) is 16.8. The van der Waals surface area contributed by atoms with Gasteiger partial charge < -0.3 is 24.4 Å². The Morgan fingerprint density at radius 2 is 1.64 bits per heavy atom. The van der Waals surface area contributed by atoms with Crippen LogP contribution in [-0.2, 0) is 27.3 Å². The van der Waals surface area contributed by atoms with Gasteiger partial charge in [0.1, 0.15) is 11.6 Å². The predicted molar refractivity (Wildman–Crippen MR) is 236 cm³/mol. The molecule has 7 heterocycles. The van der Waals surface area contributed by atoms with Crippen molar-refractivity contribution in [2.75, 3.05) is 65.8 Å². The lowest BCUT2D eigenvalue weighted by Gasteiger charge is -2.41. The van der Waals surface area contributed by atoms with Crippen LogP contribution in [0.5, 0.6) is 0 Å². The second-order valence-electron chi connectivity index (χ2n) is 16.8. The van der Waals surface area contributed by atoms with E-state index in [-0.39, 0.29) is 42.5 Å². The molecule has 0 radical (unpaired) electrons. The molecule has 3 saturated heterocycles. The number of aliphatic hydroxyl groups is 1. The van der Waals surface area contributed by atoms with E-state index < -0.39 is 29.3 Å². The van der Waals surface area contributed by atoms with Gasteiger partial charge in [-0.15, -0.1) is 11.3 Å². The summed E-state index contributed by atoms with van der Waals surface area (Å²) < 4.78 is 34.7. The number of imide groups is 1. The number of carbonyl (C=O) groups is 4. The summed E-state index contributed by atoms with van der Waals surface area (Å²) in [7, 11) is 0. The van der Waals surface area contributed by atoms with Gasteiger partial charge in [-0.25, -0.2) is 23.5 Å². The number of hydrogen-bond donors (Lipinski definition) is 3. The summed E-state index contributed by atoms with van der Waals surface area (Å²) in [6.07, 6.45) is 7.35. The largest absolute Gasteiger partial charge is 0.389 e. The van der Waals surface area contributed by atoms with Crippen LogP contribution in [0.25, 0.3) is 22.0 Å². The number of hydrogen-bond acceptors (Lipinski definition) is 11. The first-order valence-corrected chi connectivity index (χ1v) is 22.3. The Balaban J connectivity index is 0.752. The number of aromatic nitrogens is 5. The van der Waals surface area contributed by atoms with Gasteiger partial charge in [-0.05, 0) is 79.3 Å². The zero-order valence-electron chi connectivity index (χ0n) is 34.8. The van der Waals surface area contributed by atoms with Gasteiger partial charge >= 0.3 is 6.03 Å². The fourth-order valence-corrected chi connectivity index (χ4v) is 9.83. The molecular weight excluding hydrogens is 845 g/mol. The minimum Gasteiger partial charge on any atom is -0.389 e. The standard InChI is InChI=1S/C45H45F2N11O5S/c46-33-22-29(23-35-32(33)26-58(52-35)41(42(61)51-43-48-12-21-64-43)40-37-2-1-13-56(37)27-49-40)28-3-5-30(6-4-28)53-17-19-55(20-18-53)39(60)25-45(63)10-15-54(16-11-45)36-8-7-31(24-34(36)47)57-14-9-38(59)50-44(57)62/h3-8,12,21-24,26-27,41,63H,1-2,9-11,13-20,25H2,(H,48,51,61)(H,50,59,62). The van der Waals surface area contributed by atoms with Crippen molar-refractivity contribution in [3.05, 3.63) is 102 Å². The maximum Gasteiger partial charge on any atom is 0.328 e. The van der Waals surface area contributed by atoms with Gasteiger partial charge in [0.15, 0.2) is 11.2 Å². The highest BCUT2D eigenvalue weighted by molar-refractivity contribution is 7.13. The van der Waals surface area contributed by atoms with Gasteiger partial charge in [-0.2, -0.15) is 5.10 Å². The first-order chi connectivity index (χ1) is 31.0. The molecule has 3 fully saturated rings. The Hall–Kier alpha value is -6.73. The number of nitrogens with one attached hydrogen (secondary N) is 2. The first-order valence-electron chi connectivity index (χ1n) is 21.4. The van der Waals surface area contributed by atoms with E-state index in [4.69, 9.17) is 5.10 Å². The summed E-state index contributed by atoms with van der Waals surface area (Å²) >= 11 is 1.31. The van der Waals surface area contributed by atoms with Crippen molar-refractivity contribution in [3.63, 3.8) is 0 Å². The average molecular weight is 890 g/mol. The summed E-state index contributed by atoms with van der Waals surface area (Å²) in [5, 5.41) is 23.8. The summed E-state index contributed by atoms with van der Waals surface area (Å²) in [6.45, 7) is 3.86. The van der Waals surface area contributed by atoms with E-state index in [0.717, 1.165) is 36.3 Å². The maximum absolute atomic E-state index is 15.8. The van der Waals surface area contributed by atoms with Gasteiger partial charge in [0.25, 0.3) is 5.91 Å². The molecule has 5 amide bonds. The van der Waals surface area contributed by atoms with Crippen LogP contribution in [0.3, 0.4) is 0 Å². The predicted octanol–water partition coefficient (Wildman–Crippen LogP) is 5.33. The fraction of sp³-hybridized carbons (Fsp3) is 0.356. The third-order valence-electron chi connectivity index (χ3n) is 12.8. The van der Waals surface area contributed by atoms with E-state index in [1.807, 2.05) is 39.8 Å². The van der Waals surface area contributed by atoms with Crippen LogP contribution in [0.1, 0.15) is 49.5 Å². The second-order valence-corrected chi connectivity index (χ2v) is 17.7. The lowest BCUT2D eigenvalue weighted by Crippen LogP contribution is -2.52. The number of piperazine rings is 1. The average Bonchev–Trinajstić information content (AvgIpc) is 4.12. The molecule has 10 rings (SSSR count). The van der Waals surface area contributed by atoms with Crippen LogP contribution in [-0.4, -0.2) is 109 Å². The number of amides is 5. The normalized spacial score (nSPS) is 18.0. The molecule has 0 saturated carbocycles. The quantitative estimate of drug-likeness (QED) is 0.163. The van der Waals surface area contributed by atoms with Crippen LogP contribution >= 0.6 is 11.3 Å². The molecule has 0 bridgehead atoms. The third kappa shape index (κ3) is 8.04. The Kier molecular flexibility index (Phi) is 10.8. The van der Waals surface area contributed by atoms with E-state index in [1.54, 1.807) is 41.1 Å². The third-order valence-corrected chi connectivity index (χ3v) is 13.5. The van der Waals surface area contributed by atoms with Crippen LogP contribution in [0.2, 0.25) is 0 Å². The Morgan fingerprint density at radius 1 is 0.859 bits per heavy atom. The highest BCUT2D eigenvalue weighted by Crippen LogP contribution is 2.35. The van der Waals surface area contributed by atoms with Gasteiger partial charge in [0, 0.05) is 93.6 Å². The van der Waals surface area contributed by atoms with Crippen molar-refractivity contribution in [2.24, 2.45) is 0 Å². The maximum atomic E-state index is 15.8. The number of nitrogens with zero attached hydrogens (tertiary/aromatic N) is 9. The molecule has 19 heteroatoms. The van der Waals surface area contributed by atoms with Crippen molar-refractivity contribution in [2.45, 2.75) is 56.7 Å². The molecule has 3 aromatic carbocycles. The molecule has 3 N–H and O–H groups in total. The topological polar surface area (TPSA) is 174 Å². The lowest BCUT2D eigenvalue weighted by atomic mass is 9.87. The van der Waals surface area contributed by atoms with Crippen molar-refractivity contribution in [1.82, 2.24) is 34.5 Å². The SMILES string of the molecule is O=C1CCN(c2ccc(N3CCC(O)(CC(=O)N4CCN(c5ccc(-c6cc(F)c7cn(C(C(=O)Nc8nccs8)c8ncn9c8CCC9)nc7c6)cc5)CC4)CC3)c(F)c2)C(=O)N1. The van der Waals surface area contributed by atoms with Gasteiger partial charge in [0.05, 0.1) is 40.6 Å². The number of piperidine rings is 1. The number of anilines is 4. The summed E-state index contributed by atoms with van der Waals surface area (Å²) in [6, 6.07) is 14.1. The minimum absolute atomic E-state index is 0.0230. The Labute approximate surface area is 370 Å². The van der Waals surface area contributed by atoms with Crippen LogP contribution in [0.15, 0.2) is 78.7 Å². The highest BCUT2D eigenvalue weighted by Gasteiger charge is 2.38. The van der Waals surface area contributed by atoms with E-state index in [2.05, 4.69) is 25.5 Å². The first kappa shape index (κ1) is 41.3. The highest BCUT2D eigenvalue weighted by atomic mass is 32.1. The molecule has 0 spiro atoms. The monoisotopic (exact) mass is 889 g/mol. The smallest absolute Gasteiger partial charge is 0.328 e. The van der Waals surface area contributed by atoms with Crippen molar-refractivity contribution in [3.8, 4) is 11.1 Å². The number of thiazole rings is 1. The molecule has 4 aliphatic rings. The molecule has 1 atom stereocenters. The number of urea groups is 1. The molecule has 0 aliphatic carbocycles. The summed E-state index contributed by atoms with van der Waals surface area (Å²) in [4.78, 5) is 66.9. The van der Waals surface area contributed by atoms with Gasteiger partial charge in [-0.1, -0.05) is 12.1 Å². The van der Waals surface area contributed by atoms with Crippen molar-refractivity contribution in [1.29, 1.82) is 0 Å².